The number of benzene rings is 1. The van der Waals surface area contributed by atoms with E-state index in [9.17, 15) is 9.18 Å². The Morgan fingerprint density at radius 1 is 1.53 bits per heavy atom. The standard InChI is InChI=1S/C11H11ClFNO/c12-7-3-4-8(9(13)6-7)11(15)10-2-1-5-14-10/h3-4,6,10,14H,1-2,5H2. The van der Waals surface area contributed by atoms with Gasteiger partial charge in [0.1, 0.15) is 5.82 Å². The average molecular weight is 228 g/mol. The maximum Gasteiger partial charge on any atom is 0.182 e. The summed E-state index contributed by atoms with van der Waals surface area (Å²) in [7, 11) is 0. The molecule has 0 saturated carbocycles. The van der Waals surface area contributed by atoms with Crippen LogP contribution in [0.4, 0.5) is 4.39 Å². The zero-order valence-corrected chi connectivity index (χ0v) is 8.85. The molecule has 1 aliphatic heterocycles. The van der Waals surface area contributed by atoms with Crippen LogP contribution in [0.25, 0.3) is 0 Å². The molecule has 4 heteroatoms. The van der Waals surface area contributed by atoms with E-state index >= 15 is 0 Å². The van der Waals surface area contributed by atoms with E-state index in [0.29, 0.717) is 5.02 Å². The Morgan fingerprint density at radius 2 is 2.33 bits per heavy atom. The average Bonchev–Trinajstić information content (AvgIpc) is 2.69. The van der Waals surface area contributed by atoms with Gasteiger partial charge < -0.3 is 5.32 Å². The number of hydrogen-bond donors (Lipinski definition) is 1. The summed E-state index contributed by atoms with van der Waals surface area (Å²) in [6, 6.07) is 3.91. The normalized spacial score (nSPS) is 20.5. The minimum absolute atomic E-state index is 0.124. The highest BCUT2D eigenvalue weighted by molar-refractivity contribution is 6.30. The molecule has 80 valence electrons. The number of nitrogens with one attached hydrogen (secondary N) is 1. The van der Waals surface area contributed by atoms with Gasteiger partial charge in [-0.1, -0.05) is 11.6 Å². The van der Waals surface area contributed by atoms with Crippen molar-refractivity contribution in [1.29, 1.82) is 0 Å². The number of Topliss-reactive ketones (excluding diaryl/α,β-unsaturated/α-hetero) is 1. The van der Waals surface area contributed by atoms with Crippen LogP contribution in [0.2, 0.25) is 5.02 Å². The molecule has 0 aliphatic carbocycles. The summed E-state index contributed by atoms with van der Waals surface area (Å²) in [5.74, 6) is -0.720. The molecule has 0 bridgehead atoms. The second-order valence-corrected chi connectivity index (χ2v) is 4.07. The fourth-order valence-corrected chi connectivity index (χ4v) is 1.94. The summed E-state index contributed by atoms with van der Waals surface area (Å²) in [6.45, 7) is 0.825. The molecular weight excluding hydrogens is 217 g/mol. The summed E-state index contributed by atoms with van der Waals surface area (Å²) in [5.41, 5.74) is 0.124. The SMILES string of the molecule is O=C(c1ccc(Cl)cc1F)C1CCCN1. The molecule has 1 aliphatic rings. The third kappa shape index (κ3) is 2.19. The number of carbonyl (C=O) groups excluding carboxylic acids is 1. The fraction of sp³-hybridized carbons (Fsp3) is 0.364. The lowest BCUT2D eigenvalue weighted by Gasteiger charge is -2.09. The van der Waals surface area contributed by atoms with Crippen molar-refractivity contribution in [2.45, 2.75) is 18.9 Å². The monoisotopic (exact) mass is 227 g/mol. The smallest absolute Gasteiger partial charge is 0.182 e. The van der Waals surface area contributed by atoms with Gasteiger partial charge in [0, 0.05) is 5.02 Å². The van der Waals surface area contributed by atoms with Gasteiger partial charge in [0.2, 0.25) is 0 Å². The van der Waals surface area contributed by atoms with Crippen LogP contribution in [0, 0.1) is 5.82 Å². The van der Waals surface area contributed by atoms with Crippen molar-refractivity contribution in [1.82, 2.24) is 5.32 Å². The van der Waals surface area contributed by atoms with E-state index in [1.54, 1.807) is 0 Å². The van der Waals surface area contributed by atoms with E-state index in [4.69, 9.17) is 11.6 Å². The minimum Gasteiger partial charge on any atom is -0.307 e. The maximum atomic E-state index is 13.4. The Morgan fingerprint density at radius 3 is 2.93 bits per heavy atom. The zero-order chi connectivity index (χ0) is 10.8. The Bertz CT molecular complexity index is 388. The third-order valence-electron chi connectivity index (χ3n) is 2.57. The van der Waals surface area contributed by atoms with E-state index in [2.05, 4.69) is 5.32 Å². The molecular formula is C11H11ClFNO. The summed E-state index contributed by atoms with van der Waals surface area (Å²) in [6.07, 6.45) is 1.74. The molecule has 2 nitrogen and oxygen atoms in total. The molecule has 0 amide bonds. The lowest BCUT2D eigenvalue weighted by atomic mass is 10.0. The molecule has 2 rings (SSSR count). The van der Waals surface area contributed by atoms with E-state index in [0.717, 1.165) is 19.4 Å². The molecule has 0 radical (unpaired) electrons. The lowest BCUT2D eigenvalue weighted by Crippen LogP contribution is -2.31. The second-order valence-electron chi connectivity index (χ2n) is 3.64. The predicted molar refractivity (Wildman–Crippen MR) is 56.8 cm³/mol. The van der Waals surface area contributed by atoms with Crippen molar-refractivity contribution in [3.05, 3.63) is 34.6 Å². The number of rotatable bonds is 2. The predicted octanol–water partition coefficient (Wildman–Crippen LogP) is 2.41. The van der Waals surface area contributed by atoms with Gasteiger partial charge in [0.25, 0.3) is 0 Å². The van der Waals surface area contributed by atoms with Crippen LogP contribution in [0.3, 0.4) is 0 Å². The first kappa shape index (κ1) is 10.6. The van der Waals surface area contributed by atoms with Gasteiger partial charge in [0.15, 0.2) is 5.78 Å². The zero-order valence-electron chi connectivity index (χ0n) is 8.09. The number of halogens is 2. The van der Waals surface area contributed by atoms with Crippen molar-refractivity contribution < 1.29 is 9.18 Å². The molecule has 15 heavy (non-hydrogen) atoms. The molecule has 1 heterocycles. The van der Waals surface area contributed by atoms with Crippen molar-refractivity contribution >= 4 is 17.4 Å². The van der Waals surface area contributed by atoms with Crippen LogP contribution in [0.1, 0.15) is 23.2 Å². The number of hydrogen-bond acceptors (Lipinski definition) is 2. The van der Waals surface area contributed by atoms with Crippen LogP contribution in [-0.4, -0.2) is 18.4 Å². The maximum absolute atomic E-state index is 13.4. The van der Waals surface area contributed by atoms with Crippen LogP contribution in [0.5, 0.6) is 0 Å². The van der Waals surface area contributed by atoms with Gasteiger partial charge in [0.05, 0.1) is 11.6 Å². The molecule has 1 fully saturated rings. The molecule has 1 unspecified atom stereocenters. The molecule has 1 atom stereocenters. The highest BCUT2D eigenvalue weighted by Crippen LogP contribution is 2.18. The molecule has 0 aromatic heterocycles. The van der Waals surface area contributed by atoms with E-state index in [1.807, 2.05) is 0 Å². The van der Waals surface area contributed by atoms with E-state index in [-0.39, 0.29) is 17.4 Å². The first-order valence-electron chi connectivity index (χ1n) is 4.91. The molecule has 1 saturated heterocycles. The van der Waals surface area contributed by atoms with Crippen LogP contribution < -0.4 is 5.32 Å². The molecule has 0 spiro atoms. The summed E-state index contributed by atoms with van der Waals surface area (Å²) in [5, 5.41) is 3.36. The quantitative estimate of drug-likeness (QED) is 0.787. The fourth-order valence-electron chi connectivity index (χ4n) is 1.79. The van der Waals surface area contributed by atoms with Crippen molar-refractivity contribution in [3.63, 3.8) is 0 Å². The van der Waals surface area contributed by atoms with Crippen molar-refractivity contribution in [2.75, 3.05) is 6.54 Å². The molecule has 1 aromatic carbocycles. The van der Waals surface area contributed by atoms with Crippen molar-refractivity contribution in [2.24, 2.45) is 0 Å². The lowest BCUT2D eigenvalue weighted by molar-refractivity contribution is 0.0948. The molecule has 1 aromatic rings. The van der Waals surface area contributed by atoms with E-state index < -0.39 is 5.82 Å². The van der Waals surface area contributed by atoms with Crippen molar-refractivity contribution in [3.8, 4) is 0 Å². The van der Waals surface area contributed by atoms with Gasteiger partial charge in [-0.3, -0.25) is 4.79 Å². The minimum atomic E-state index is -0.541. The van der Waals surface area contributed by atoms with E-state index in [1.165, 1.54) is 18.2 Å². The number of carbonyl (C=O) groups is 1. The first-order chi connectivity index (χ1) is 7.18. The highest BCUT2D eigenvalue weighted by Gasteiger charge is 2.25. The Kier molecular flexibility index (Phi) is 3.03. The van der Waals surface area contributed by atoms with Gasteiger partial charge >= 0.3 is 0 Å². The van der Waals surface area contributed by atoms with Gasteiger partial charge in [-0.25, -0.2) is 4.39 Å². The summed E-state index contributed by atoms with van der Waals surface area (Å²) >= 11 is 5.61. The van der Waals surface area contributed by atoms with Crippen LogP contribution in [0.15, 0.2) is 18.2 Å². The van der Waals surface area contributed by atoms with Gasteiger partial charge in [-0.15, -0.1) is 0 Å². The number of ketones is 1. The Labute approximate surface area is 92.4 Å². The Balaban J connectivity index is 2.24. The second kappa shape index (κ2) is 4.29. The topological polar surface area (TPSA) is 29.1 Å². The Hall–Kier alpha value is -0.930. The third-order valence-corrected chi connectivity index (χ3v) is 2.81. The summed E-state index contributed by atoms with van der Waals surface area (Å²) < 4.78 is 13.4. The van der Waals surface area contributed by atoms with Crippen LogP contribution in [-0.2, 0) is 0 Å². The summed E-state index contributed by atoms with van der Waals surface area (Å²) in [4.78, 5) is 11.8. The van der Waals surface area contributed by atoms with Gasteiger partial charge in [-0.05, 0) is 37.6 Å². The largest absolute Gasteiger partial charge is 0.307 e. The highest BCUT2D eigenvalue weighted by atomic mass is 35.5. The molecule has 1 N–H and O–H groups in total. The van der Waals surface area contributed by atoms with Gasteiger partial charge in [-0.2, -0.15) is 0 Å². The van der Waals surface area contributed by atoms with Crippen LogP contribution >= 0.6 is 11.6 Å². The first-order valence-corrected chi connectivity index (χ1v) is 5.29.